The zero-order valence-electron chi connectivity index (χ0n) is 11.1. The predicted octanol–water partition coefficient (Wildman–Crippen LogP) is 3.23. The number of carbonyl (C=O) groups is 1. The van der Waals surface area contributed by atoms with Gasteiger partial charge in [-0.15, -0.1) is 0 Å². The normalized spacial score (nSPS) is 16.8. The predicted molar refractivity (Wildman–Crippen MR) is 71.1 cm³/mol. The minimum Gasteiger partial charge on any atom is -0.324 e. The van der Waals surface area contributed by atoms with E-state index in [0.717, 1.165) is 11.3 Å². The number of amides is 1. The highest BCUT2D eigenvalue weighted by Gasteiger charge is 2.50. The molecule has 0 aliphatic heterocycles. The minimum atomic E-state index is -0.773. The molecule has 0 aromatic heterocycles. The van der Waals surface area contributed by atoms with Crippen molar-refractivity contribution in [3.05, 3.63) is 29.8 Å². The number of anilines is 1. The smallest absolute Gasteiger partial charge is 0.244 e. The van der Waals surface area contributed by atoms with Crippen molar-refractivity contribution in [2.75, 3.05) is 5.32 Å². The average Bonchev–Trinajstić information content (AvgIpc) is 3.09. The highest BCUT2D eigenvalue weighted by molar-refractivity contribution is 5.99. The summed E-state index contributed by atoms with van der Waals surface area (Å²) in [6, 6.07) is 9.89. The summed E-state index contributed by atoms with van der Waals surface area (Å²) in [5, 5.41) is 11.9. The molecule has 0 saturated heterocycles. The van der Waals surface area contributed by atoms with Gasteiger partial charge in [-0.3, -0.25) is 4.79 Å². The largest absolute Gasteiger partial charge is 0.324 e. The van der Waals surface area contributed by atoms with Crippen molar-refractivity contribution in [2.45, 2.75) is 39.0 Å². The Hall–Kier alpha value is -1.82. The fraction of sp³-hybridized carbons (Fsp3) is 0.467. The highest BCUT2D eigenvalue weighted by atomic mass is 16.2. The summed E-state index contributed by atoms with van der Waals surface area (Å²) < 4.78 is 0. The number of nitrogens with zero attached hydrogens (tertiary/aromatic N) is 1. The monoisotopic (exact) mass is 242 g/mol. The van der Waals surface area contributed by atoms with Crippen molar-refractivity contribution >= 4 is 11.6 Å². The molecule has 0 radical (unpaired) electrons. The summed E-state index contributed by atoms with van der Waals surface area (Å²) in [6.07, 6.45) is 1.35. The van der Waals surface area contributed by atoms with Crippen molar-refractivity contribution in [2.24, 2.45) is 5.41 Å². The second-order valence-corrected chi connectivity index (χ2v) is 5.94. The average molecular weight is 242 g/mol. The van der Waals surface area contributed by atoms with E-state index in [9.17, 15) is 4.79 Å². The van der Waals surface area contributed by atoms with Crippen molar-refractivity contribution in [3.8, 4) is 6.07 Å². The number of hydrogen-bond acceptors (Lipinski definition) is 2. The van der Waals surface area contributed by atoms with Crippen molar-refractivity contribution in [1.82, 2.24) is 0 Å². The van der Waals surface area contributed by atoms with Crippen LogP contribution in [0.3, 0.4) is 0 Å². The van der Waals surface area contributed by atoms with Gasteiger partial charge in [0.2, 0.25) is 5.91 Å². The third-order valence-corrected chi connectivity index (χ3v) is 3.38. The molecule has 1 amide bonds. The molecule has 1 saturated carbocycles. The number of nitrogens with one attached hydrogen (secondary N) is 1. The molecule has 1 aromatic carbocycles. The summed E-state index contributed by atoms with van der Waals surface area (Å²) in [5.41, 5.74) is 1.10. The number of carbonyl (C=O) groups excluding carboxylic acids is 1. The van der Waals surface area contributed by atoms with Crippen LogP contribution in [0.5, 0.6) is 0 Å². The van der Waals surface area contributed by atoms with Gasteiger partial charge in [-0.2, -0.15) is 5.26 Å². The Labute approximate surface area is 108 Å². The van der Waals surface area contributed by atoms with Crippen molar-refractivity contribution in [1.29, 1.82) is 5.26 Å². The fourth-order valence-corrected chi connectivity index (χ4v) is 2.00. The summed E-state index contributed by atoms with van der Waals surface area (Å²) >= 11 is 0. The second kappa shape index (κ2) is 4.13. The summed E-state index contributed by atoms with van der Waals surface area (Å²) in [5.74, 6) is -0.165. The van der Waals surface area contributed by atoms with Gasteiger partial charge in [0.05, 0.1) is 6.07 Å². The molecule has 94 valence electrons. The van der Waals surface area contributed by atoms with Crippen LogP contribution >= 0.6 is 0 Å². The molecular weight excluding hydrogens is 224 g/mol. The molecule has 0 spiro atoms. The van der Waals surface area contributed by atoms with Crippen LogP contribution in [0.25, 0.3) is 0 Å². The molecule has 0 bridgehead atoms. The van der Waals surface area contributed by atoms with Gasteiger partial charge in [0.25, 0.3) is 0 Å². The van der Waals surface area contributed by atoms with Crippen molar-refractivity contribution < 1.29 is 4.79 Å². The molecule has 3 heteroatoms. The first-order valence-corrected chi connectivity index (χ1v) is 6.21. The van der Waals surface area contributed by atoms with E-state index in [0.29, 0.717) is 12.8 Å². The Kier molecular flexibility index (Phi) is 2.90. The van der Waals surface area contributed by atoms with E-state index in [-0.39, 0.29) is 11.3 Å². The van der Waals surface area contributed by atoms with Crippen molar-refractivity contribution in [3.63, 3.8) is 0 Å². The second-order valence-electron chi connectivity index (χ2n) is 5.94. The van der Waals surface area contributed by atoms with Gasteiger partial charge >= 0.3 is 0 Å². The van der Waals surface area contributed by atoms with E-state index in [4.69, 9.17) is 5.26 Å². The van der Waals surface area contributed by atoms with Gasteiger partial charge in [0, 0.05) is 5.69 Å². The van der Waals surface area contributed by atoms with Crippen LogP contribution in [0.1, 0.15) is 39.2 Å². The quantitative estimate of drug-likeness (QED) is 0.865. The lowest BCUT2D eigenvalue weighted by atomic mass is 9.85. The molecule has 2 rings (SSSR count). The van der Waals surface area contributed by atoms with Crippen LogP contribution in [0.4, 0.5) is 5.69 Å². The van der Waals surface area contributed by atoms with Crippen LogP contribution in [-0.4, -0.2) is 5.91 Å². The highest BCUT2D eigenvalue weighted by Crippen LogP contribution is 2.46. The van der Waals surface area contributed by atoms with Crippen LogP contribution in [0.2, 0.25) is 0 Å². The van der Waals surface area contributed by atoms with Gasteiger partial charge in [0.15, 0.2) is 0 Å². The number of benzene rings is 1. The first kappa shape index (κ1) is 12.6. The lowest BCUT2D eigenvalue weighted by Gasteiger charge is -2.23. The van der Waals surface area contributed by atoms with Crippen LogP contribution < -0.4 is 5.32 Å². The molecule has 0 atom stereocenters. The number of rotatable bonds is 2. The molecule has 1 fully saturated rings. The van der Waals surface area contributed by atoms with Gasteiger partial charge in [-0.1, -0.05) is 39.0 Å². The van der Waals surface area contributed by atoms with E-state index >= 15 is 0 Å². The van der Waals surface area contributed by atoms with E-state index in [1.54, 1.807) is 0 Å². The topological polar surface area (TPSA) is 52.9 Å². The molecule has 0 unspecified atom stereocenters. The first-order valence-electron chi connectivity index (χ1n) is 6.21. The zero-order chi connectivity index (χ0) is 13.4. The molecular formula is C15H18N2O. The third-order valence-electron chi connectivity index (χ3n) is 3.38. The summed E-state index contributed by atoms with van der Waals surface area (Å²) in [7, 11) is 0. The summed E-state index contributed by atoms with van der Waals surface area (Å²) in [6.45, 7) is 6.32. The molecule has 1 aliphatic carbocycles. The number of hydrogen-bond donors (Lipinski definition) is 1. The molecule has 1 aromatic rings. The molecule has 18 heavy (non-hydrogen) atoms. The Morgan fingerprint density at radius 1 is 1.33 bits per heavy atom. The standard InChI is InChI=1S/C15H18N2O/c1-14(2,3)11-6-4-5-7-12(11)17-13(18)15(10-16)8-9-15/h4-7H,8-9H2,1-3H3,(H,17,18). The Balaban J connectivity index is 2.26. The Bertz CT molecular complexity index is 516. The first-order chi connectivity index (χ1) is 8.39. The molecule has 1 aliphatic rings. The molecule has 1 N–H and O–H groups in total. The lowest BCUT2D eigenvalue weighted by Crippen LogP contribution is -2.25. The maximum absolute atomic E-state index is 12.1. The number of nitriles is 1. The Morgan fingerprint density at radius 2 is 1.94 bits per heavy atom. The van der Waals surface area contributed by atoms with Crippen LogP contribution in [0, 0.1) is 16.7 Å². The fourth-order valence-electron chi connectivity index (χ4n) is 2.00. The lowest BCUT2D eigenvalue weighted by molar-refractivity contribution is -0.119. The molecule has 3 nitrogen and oxygen atoms in total. The van der Waals surface area contributed by atoms with E-state index in [1.165, 1.54) is 0 Å². The van der Waals surface area contributed by atoms with Gasteiger partial charge in [-0.25, -0.2) is 0 Å². The van der Waals surface area contributed by atoms with E-state index in [1.807, 2.05) is 24.3 Å². The number of para-hydroxylation sites is 1. The maximum atomic E-state index is 12.1. The third kappa shape index (κ3) is 2.24. The maximum Gasteiger partial charge on any atom is 0.244 e. The minimum absolute atomic E-state index is 0.0345. The summed E-state index contributed by atoms with van der Waals surface area (Å²) in [4.78, 5) is 12.1. The molecule has 0 heterocycles. The Morgan fingerprint density at radius 3 is 2.44 bits per heavy atom. The SMILES string of the molecule is CC(C)(C)c1ccccc1NC(=O)C1(C#N)CC1. The van der Waals surface area contributed by atoms with Gasteiger partial charge in [0.1, 0.15) is 5.41 Å². The van der Waals surface area contributed by atoms with E-state index < -0.39 is 5.41 Å². The van der Waals surface area contributed by atoms with Crippen LogP contribution in [-0.2, 0) is 10.2 Å². The zero-order valence-corrected chi connectivity index (χ0v) is 11.1. The van der Waals surface area contributed by atoms with Gasteiger partial charge in [-0.05, 0) is 29.9 Å². The van der Waals surface area contributed by atoms with Crippen LogP contribution in [0.15, 0.2) is 24.3 Å². The van der Waals surface area contributed by atoms with E-state index in [2.05, 4.69) is 32.2 Å². The van der Waals surface area contributed by atoms with Gasteiger partial charge < -0.3 is 5.32 Å².